The van der Waals surface area contributed by atoms with E-state index >= 15 is 0 Å². The highest BCUT2D eigenvalue weighted by Crippen LogP contribution is 2.34. The first-order valence-corrected chi connectivity index (χ1v) is 7.57. The van der Waals surface area contributed by atoms with Crippen LogP contribution < -0.4 is 5.32 Å². The van der Waals surface area contributed by atoms with Crippen molar-refractivity contribution in [2.45, 2.75) is 13.1 Å². The van der Waals surface area contributed by atoms with Gasteiger partial charge >= 0.3 is 6.18 Å². The molecule has 1 aromatic carbocycles. The number of alkyl halides is 3. The van der Waals surface area contributed by atoms with Crippen molar-refractivity contribution in [2.24, 2.45) is 0 Å². The summed E-state index contributed by atoms with van der Waals surface area (Å²) >= 11 is 1.45. The van der Waals surface area contributed by atoms with Crippen molar-refractivity contribution in [3.63, 3.8) is 0 Å². The molecule has 0 amide bonds. The number of phenolic OH excluding ortho intramolecular Hbond substituents is 1. The number of aromatic nitrogens is 3. The Bertz CT molecular complexity index is 879. The summed E-state index contributed by atoms with van der Waals surface area (Å²) in [4.78, 5) is 13.4. The van der Waals surface area contributed by atoms with Crippen molar-refractivity contribution in [2.75, 3.05) is 5.32 Å². The fourth-order valence-corrected chi connectivity index (χ4v) is 2.72. The molecule has 3 rings (SSSR count). The van der Waals surface area contributed by atoms with Crippen molar-refractivity contribution in [3.8, 4) is 16.5 Å². The van der Waals surface area contributed by atoms with Gasteiger partial charge in [0.15, 0.2) is 0 Å². The molecule has 0 aliphatic heterocycles. The predicted molar refractivity (Wildman–Crippen MR) is 84.3 cm³/mol. The van der Waals surface area contributed by atoms with Crippen molar-refractivity contribution in [1.29, 1.82) is 0 Å². The molecule has 124 valence electrons. The van der Waals surface area contributed by atoms with Gasteiger partial charge in [0.2, 0.25) is 5.95 Å². The first-order chi connectivity index (χ1) is 11.3. The summed E-state index contributed by atoms with van der Waals surface area (Å²) in [6.07, 6.45) is -1.37. The lowest BCUT2D eigenvalue weighted by Gasteiger charge is -2.11. The summed E-state index contributed by atoms with van der Waals surface area (Å²) in [5.41, 5.74) is -0.367. The van der Waals surface area contributed by atoms with E-state index in [1.807, 2.05) is 6.92 Å². The topological polar surface area (TPSA) is 70.9 Å². The molecule has 0 atom stereocenters. The van der Waals surface area contributed by atoms with Gasteiger partial charge in [-0.2, -0.15) is 13.2 Å². The number of nitrogens with zero attached hydrogens (tertiary/aromatic N) is 3. The van der Waals surface area contributed by atoms with Gasteiger partial charge in [0, 0.05) is 29.0 Å². The number of benzene rings is 1. The van der Waals surface area contributed by atoms with Gasteiger partial charge in [0.1, 0.15) is 16.5 Å². The van der Waals surface area contributed by atoms with Gasteiger partial charge in [-0.3, -0.25) is 0 Å². The van der Waals surface area contributed by atoms with Gasteiger partial charge in [0.25, 0.3) is 0 Å². The smallest absolute Gasteiger partial charge is 0.416 e. The average Bonchev–Trinajstić information content (AvgIpc) is 2.93. The van der Waals surface area contributed by atoms with Crippen LogP contribution in [0.5, 0.6) is 5.75 Å². The number of thiazole rings is 1. The first kappa shape index (κ1) is 16.2. The average molecular weight is 352 g/mol. The van der Waals surface area contributed by atoms with E-state index in [0.29, 0.717) is 16.8 Å². The highest BCUT2D eigenvalue weighted by molar-refractivity contribution is 7.14. The molecule has 2 N–H and O–H groups in total. The molecule has 0 spiro atoms. The predicted octanol–water partition coefficient (Wildman–Crippen LogP) is 4.38. The Labute approximate surface area is 138 Å². The number of nitrogens with one attached hydrogen (secondary N) is 1. The van der Waals surface area contributed by atoms with Gasteiger partial charge in [0.05, 0.1) is 5.56 Å². The molecule has 0 saturated heterocycles. The Kier molecular flexibility index (Phi) is 4.10. The van der Waals surface area contributed by atoms with Crippen LogP contribution in [0.25, 0.3) is 10.7 Å². The standard InChI is InChI=1S/C15H11F3N4OS/c1-8-7-20-13(24-8)12-2-3-19-14(22-12)21-10-4-9(15(16,17)18)5-11(23)6-10/h2-7,23H,1H3,(H,19,21,22). The number of hydrogen-bond acceptors (Lipinski definition) is 6. The van der Waals surface area contributed by atoms with E-state index in [1.165, 1.54) is 23.6 Å². The van der Waals surface area contributed by atoms with Crippen molar-refractivity contribution in [1.82, 2.24) is 15.0 Å². The molecule has 0 saturated carbocycles. The molecule has 24 heavy (non-hydrogen) atoms. The van der Waals surface area contributed by atoms with E-state index < -0.39 is 17.5 Å². The van der Waals surface area contributed by atoms with Gasteiger partial charge in [-0.15, -0.1) is 11.3 Å². The molecule has 0 radical (unpaired) electrons. The summed E-state index contributed by atoms with van der Waals surface area (Å²) in [6.45, 7) is 1.91. The highest BCUT2D eigenvalue weighted by Gasteiger charge is 2.31. The molecule has 9 heteroatoms. The summed E-state index contributed by atoms with van der Waals surface area (Å²) < 4.78 is 38.4. The van der Waals surface area contributed by atoms with E-state index in [9.17, 15) is 18.3 Å². The molecule has 5 nitrogen and oxygen atoms in total. The van der Waals surface area contributed by atoms with Gasteiger partial charge < -0.3 is 10.4 Å². The maximum Gasteiger partial charge on any atom is 0.416 e. The van der Waals surface area contributed by atoms with Crippen LogP contribution in [-0.4, -0.2) is 20.1 Å². The molecule has 0 bridgehead atoms. The van der Waals surface area contributed by atoms with Crippen LogP contribution in [0.4, 0.5) is 24.8 Å². The monoisotopic (exact) mass is 352 g/mol. The zero-order valence-electron chi connectivity index (χ0n) is 12.3. The van der Waals surface area contributed by atoms with Crippen LogP contribution in [0.3, 0.4) is 0 Å². The normalized spacial score (nSPS) is 11.5. The molecular weight excluding hydrogens is 341 g/mol. The number of hydrogen-bond donors (Lipinski definition) is 2. The number of aromatic hydroxyl groups is 1. The van der Waals surface area contributed by atoms with Crippen LogP contribution in [0, 0.1) is 6.92 Å². The minimum atomic E-state index is -4.56. The molecule has 2 aromatic heterocycles. The fraction of sp³-hybridized carbons (Fsp3) is 0.133. The maximum absolute atomic E-state index is 12.8. The van der Waals surface area contributed by atoms with Crippen molar-refractivity contribution < 1.29 is 18.3 Å². The van der Waals surface area contributed by atoms with Gasteiger partial charge in [-0.1, -0.05) is 0 Å². The SMILES string of the molecule is Cc1cnc(-c2ccnc(Nc3cc(O)cc(C(F)(F)F)c3)n2)s1. The minimum Gasteiger partial charge on any atom is -0.508 e. The third-order valence-corrected chi connectivity index (χ3v) is 3.93. The number of anilines is 2. The summed E-state index contributed by atoms with van der Waals surface area (Å²) in [6, 6.07) is 4.36. The number of aryl methyl sites for hydroxylation is 1. The Morgan fingerprint density at radius 2 is 1.96 bits per heavy atom. The lowest BCUT2D eigenvalue weighted by molar-refractivity contribution is -0.137. The number of halogens is 3. The Hall–Kier alpha value is -2.68. The van der Waals surface area contributed by atoms with Crippen LogP contribution in [0.2, 0.25) is 0 Å². The molecule has 3 aromatic rings. The number of phenols is 1. The first-order valence-electron chi connectivity index (χ1n) is 6.75. The van der Waals surface area contributed by atoms with E-state index in [-0.39, 0.29) is 11.6 Å². The van der Waals surface area contributed by atoms with Crippen LogP contribution >= 0.6 is 11.3 Å². The Morgan fingerprint density at radius 3 is 2.62 bits per heavy atom. The summed E-state index contributed by atoms with van der Waals surface area (Å²) in [5.74, 6) is -0.391. The van der Waals surface area contributed by atoms with Gasteiger partial charge in [-0.05, 0) is 25.1 Å². The molecular formula is C15H11F3N4OS. The third-order valence-electron chi connectivity index (χ3n) is 3.00. The van der Waals surface area contributed by atoms with Crippen LogP contribution in [0.1, 0.15) is 10.4 Å². The zero-order chi connectivity index (χ0) is 17.3. The van der Waals surface area contributed by atoms with E-state index in [2.05, 4.69) is 20.3 Å². The molecule has 0 unspecified atom stereocenters. The Morgan fingerprint density at radius 1 is 1.17 bits per heavy atom. The highest BCUT2D eigenvalue weighted by atomic mass is 32.1. The van der Waals surface area contributed by atoms with Crippen molar-refractivity contribution in [3.05, 3.63) is 47.1 Å². The van der Waals surface area contributed by atoms with E-state index in [1.54, 1.807) is 12.3 Å². The van der Waals surface area contributed by atoms with Crippen LogP contribution in [0.15, 0.2) is 36.7 Å². The zero-order valence-corrected chi connectivity index (χ0v) is 13.1. The van der Waals surface area contributed by atoms with Crippen LogP contribution in [-0.2, 0) is 6.18 Å². The second-order valence-corrected chi connectivity index (χ2v) is 6.17. The van der Waals surface area contributed by atoms with E-state index in [4.69, 9.17) is 0 Å². The Balaban J connectivity index is 1.90. The lowest BCUT2D eigenvalue weighted by Crippen LogP contribution is -2.06. The maximum atomic E-state index is 12.8. The second-order valence-electron chi connectivity index (χ2n) is 4.93. The largest absolute Gasteiger partial charge is 0.508 e. The number of rotatable bonds is 3. The second kappa shape index (κ2) is 6.08. The fourth-order valence-electron chi connectivity index (χ4n) is 1.99. The lowest BCUT2D eigenvalue weighted by atomic mass is 10.2. The summed E-state index contributed by atoms with van der Waals surface area (Å²) in [5, 5.41) is 12.8. The third kappa shape index (κ3) is 3.62. The van der Waals surface area contributed by atoms with Gasteiger partial charge in [-0.25, -0.2) is 15.0 Å². The van der Waals surface area contributed by atoms with Crippen molar-refractivity contribution >= 4 is 23.0 Å². The molecule has 0 aliphatic rings. The van der Waals surface area contributed by atoms with E-state index in [0.717, 1.165) is 10.9 Å². The molecule has 0 aliphatic carbocycles. The molecule has 2 heterocycles. The summed E-state index contributed by atoms with van der Waals surface area (Å²) in [7, 11) is 0. The quantitative estimate of drug-likeness (QED) is 0.732. The minimum absolute atomic E-state index is 0.0368. The molecule has 0 fully saturated rings.